The Kier molecular flexibility index (Phi) is 4.03. The summed E-state index contributed by atoms with van der Waals surface area (Å²) in [5.41, 5.74) is 2.52. The summed E-state index contributed by atoms with van der Waals surface area (Å²) >= 11 is 0. The molecule has 2 fully saturated rings. The van der Waals surface area contributed by atoms with E-state index in [1.165, 1.54) is 17.5 Å². The Bertz CT molecular complexity index is 528. The molecule has 0 aromatic heterocycles. The van der Waals surface area contributed by atoms with Crippen molar-refractivity contribution < 1.29 is 4.79 Å². The number of rotatable bonds is 2. The Morgan fingerprint density at radius 1 is 1.33 bits per heavy atom. The third-order valence-corrected chi connectivity index (χ3v) is 5.41. The molecular weight excluding hydrogens is 260 g/mol. The molecule has 0 saturated carbocycles. The molecule has 3 heteroatoms. The molecule has 1 aromatic rings. The van der Waals surface area contributed by atoms with Crippen LogP contribution in [0.1, 0.15) is 50.2 Å². The normalized spacial score (nSPS) is 29.9. The molecule has 2 aliphatic heterocycles. The van der Waals surface area contributed by atoms with E-state index >= 15 is 0 Å². The molecule has 0 unspecified atom stereocenters. The minimum atomic E-state index is -0.0280. The van der Waals surface area contributed by atoms with Crippen LogP contribution < -0.4 is 5.32 Å². The highest BCUT2D eigenvalue weighted by molar-refractivity contribution is 5.77. The van der Waals surface area contributed by atoms with E-state index in [1.54, 1.807) is 0 Å². The van der Waals surface area contributed by atoms with E-state index in [0.717, 1.165) is 32.4 Å². The Morgan fingerprint density at radius 3 is 2.95 bits per heavy atom. The van der Waals surface area contributed by atoms with E-state index in [1.807, 2.05) is 0 Å². The number of aryl methyl sites for hydroxylation is 1. The molecule has 2 heterocycles. The molecule has 0 aliphatic carbocycles. The second kappa shape index (κ2) is 5.80. The molecule has 114 valence electrons. The van der Waals surface area contributed by atoms with Crippen molar-refractivity contribution in [2.24, 2.45) is 0 Å². The minimum absolute atomic E-state index is 0.0280. The van der Waals surface area contributed by atoms with Gasteiger partial charge in [-0.05, 0) is 50.8 Å². The van der Waals surface area contributed by atoms with Gasteiger partial charge in [0, 0.05) is 19.0 Å². The van der Waals surface area contributed by atoms with Gasteiger partial charge in [0.15, 0.2) is 0 Å². The number of hydrogen-bond donors (Lipinski definition) is 1. The van der Waals surface area contributed by atoms with Crippen molar-refractivity contribution in [3.05, 3.63) is 35.4 Å². The Morgan fingerprint density at radius 2 is 2.14 bits per heavy atom. The minimum Gasteiger partial charge on any atom is -0.331 e. The maximum absolute atomic E-state index is 12.7. The van der Waals surface area contributed by atoms with Crippen LogP contribution in [-0.4, -0.2) is 28.9 Å². The summed E-state index contributed by atoms with van der Waals surface area (Å²) < 4.78 is 0. The topological polar surface area (TPSA) is 32.3 Å². The SMILES string of the molecule is Cc1ccccc1CN1C(=O)CCCC[C@@H]2NCC[C@@]21C. The van der Waals surface area contributed by atoms with Gasteiger partial charge in [0.25, 0.3) is 0 Å². The second-order valence-electron chi connectivity index (χ2n) is 6.77. The van der Waals surface area contributed by atoms with Crippen molar-refractivity contribution in [1.82, 2.24) is 10.2 Å². The van der Waals surface area contributed by atoms with Gasteiger partial charge in [-0.3, -0.25) is 4.79 Å². The van der Waals surface area contributed by atoms with Crippen LogP contribution >= 0.6 is 0 Å². The number of nitrogens with zero attached hydrogens (tertiary/aromatic N) is 1. The number of fused-ring (bicyclic) bond motifs is 1. The van der Waals surface area contributed by atoms with Crippen molar-refractivity contribution in [2.75, 3.05) is 6.54 Å². The Hall–Kier alpha value is -1.35. The van der Waals surface area contributed by atoms with Crippen LogP contribution in [0.15, 0.2) is 24.3 Å². The summed E-state index contributed by atoms with van der Waals surface area (Å²) in [4.78, 5) is 14.9. The first-order valence-electron chi connectivity index (χ1n) is 8.19. The molecule has 2 saturated heterocycles. The lowest BCUT2D eigenvalue weighted by Gasteiger charge is -2.44. The Balaban J connectivity index is 1.91. The summed E-state index contributed by atoms with van der Waals surface area (Å²) in [5.74, 6) is 0.328. The largest absolute Gasteiger partial charge is 0.331 e. The highest BCUT2D eigenvalue weighted by atomic mass is 16.2. The molecule has 0 spiro atoms. The second-order valence-corrected chi connectivity index (χ2v) is 6.77. The van der Waals surface area contributed by atoms with Crippen LogP contribution in [-0.2, 0) is 11.3 Å². The molecule has 0 bridgehead atoms. The van der Waals surface area contributed by atoms with Crippen LogP contribution in [0, 0.1) is 6.92 Å². The van der Waals surface area contributed by atoms with Crippen LogP contribution in [0.3, 0.4) is 0 Å². The lowest BCUT2D eigenvalue weighted by atomic mass is 9.84. The van der Waals surface area contributed by atoms with E-state index in [4.69, 9.17) is 0 Å². The molecule has 3 rings (SSSR count). The van der Waals surface area contributed by atoms with Crippen molar-refractivity contribution in [3.63, 3.8) is 0 Å². The summed E-state index contributed by atoms with van der Waals surface area (Å²) in [5, 5.41) is 3.62. The van der Waals surface area contributed by atoms with Crippen molar-refractivity contribution in [2.45, 2.75) is 64.1 Å². The van der Waals surface area contributed by atoms with Gasteiger partial charge >= 0.3 is 0 Å². The summed E-state index contributed by atoms with van der Waals surface area (Å²) in [6.07, 6.45) is 5.14. The third kappa shape index (κ3) is 2.71. The number of hydrogen-bond acceptors (Lipinski definition) is 2. The van der Waals surface area contributed by atoms with Crippen molar-refractivity contribution in [3.8, 4) is 0 Å². The van der Waals surface area contributed by atoms with Gasteiger partial charge in [0.1, 0.15) is 0 Å². The molecular formula is C18H26N2O. The van der Waals surface area contributed by atoms with Gasteiger partial charge in [-0.1, -0.05) is 30.7 Å². The van der Waals surface area contributed by atoms with Crippen LogP contribution in [0.5, 0.6) is 0 Å². The van der Waals surface area contributed by atoms with E-state index < -0.39 is 0 Å². The standard InChI is InChI=1S/C18H26N2O/c1-14-7-3-4-8-15(14)13-20-17(21)10-6-5-9-16-18(20,2)11-12-19-16/h3-4,7-8,16,19H,5-6,9-13H2,1-2H3/t16-,18-/m0/s1. The molecule has 2 atom stereocenters. The monoisotopic (exact) mass is 286 g/mol. The van der Waals surface area contributed by atoms with Crippen molar-refractivity contribution in [1.29, 1.82) is 0 Å². The zero-order valence-corrected chi connectivity index (χ0v) is 13.2. The smallest absolute Gasteiger partial charge is 0.223 e. The highest BCUT2D eigenvalue weighted by Crippen LogP contribution is 2.35. The predicted octanol–water partition coefficient (Wildman–Crippen LogP) is 3.02. The Labute approximate surface area is 127 Å². The molecule has 2 aliphatic rings. The summed E-state index contributed by atoms with van der Waals surface area (Å²) in [6, 6.07) is 8.88. The first-order chi connectivity index (χ1) is 10.1. The average molecular weight is 286 g/mol. The average Bonchev–Trinajstić information content (AvgIpc) is 2.83. The molecule has 21 heavy (non-hydrogen) atoms. The number of benzene rings is 1. The predicted molar refractivity (Wildman–Crippen MR) is 85.0 cm³/mol. The van der Waals surface area contributed by atoms with Gasteiger partial charge in [-0.15, -0.1) is 0 Å². The quantitative estimate of drug-likeness (QED) is 0.906. The highest BCUT2D eigenvalue weighted by Gasteiger charge is 2.45. The fraction of sp³-hybridized carbons (Fsp3) is 0.611. The first-order valence-corrected chi connectivity index (χ1v) is 8.19. The first kappa shape index (κ1) is 14.6. The number of likely N-dealkylation sites (tertiary alicyclic amines) is 1. The molecule has 1 N–H and O–H groups in total. The molecule has 3 nitrogen and oxygen atoms in total. The third-order valence-electron chi connectivity index (χ3n) is 5.41. The van der Waals surface area contributed by atoms with E-state index in [-0.39, 0.29) is 5.54 Å². The van der Waals surface area contributed by atoms with Crippen LogP contribution in [0.4, 0.5) is 0 Å². The number of nitrogens with one attached hydrogen (secondary N) is 1. The maximum Gasteiger partial charge on any atom is 0.223 e. The van der Waals surface area contributed by atoms with E-state index in [2.05, 4.69) is 48.3 Å². The number of amides is 1. The van der Waals surface area contributed by atoms with Crippen molar-refractivity contribution >= 4 is 5.91 Å². The van der Waals surface area contributed by atoms with Gasteiger partial charge in [0.2, 0.25) is 5.91 Å². The molecule has 1 amide bonds. The fourth-order valence-electron chi connectivity index (χ4n) is 3.90. The van der Waals surface area contributed by atoms with E-state index in [9.17, 15) is 4.79 Å². The molecule has 0 radical (unpaired) electrons. The van der Waals surface area contributed by atoms with Gasteiger partial charge in [-0.25, -0.2) is 0 Å². The van der Waals surface area contributed by atoms with Crippen LogP contribution in [0.2, 0.25) is 0 Å². The maximum atomic E-state index is 12.7. The van der Waals surface area contributed by atoms with Crippen LogP contribution in [0.25, 0.3) is 0 Å². The fourth-order valence-corrected chi connectivity index (χ4v) is 3.90. The lowest BCUT2D eigenvalue weighted by Crippen LogP contribution is -2.56. The summed E-state index contributed by atoms with van der Waals surface area (Å²) in [6.45, 7) is 6.19. The van der Waals surface area contributed by atoms with Gasteiger partial charge < -0.3 is 10.2 Å². The number of carbonyl (C=O) groups is 1. The zero-order chi connectivity index (χ0) is 14.9. The zero-order valence-electron chi connectivity index (χ0n) is 13.2. The lowest BCUT2D eigenvalue weighted by molar-refractivity contribution is -0.139. The summed E-state index contributed by atoms with van der Waals surface area (Å²) in [7, 11) is 0. The van der Waals surface area contributed by atoms with E-state index in [0.29, 0.717) is 18.4 Å². The molecule has 1 aromatic carbocycles. The van der Waals surface area contributed by atoms with Gasteiger partial charge in [0.05, 0.1) is 5.54 Å². The van der Waals surface area contributed by atoms with Gasteiger partial charge in [-0.2, -0.15) is 0 Å². The number of carbonyl (C=O) groups excluding carboxylic acids is 1.